The summed E-state index contributed by atoms with van der Waals surface area (Å²) in [6.45, 7) is 2.83. The molecule has 1 fully saturated rings. The molecular formula is C12H17FO8. The number of carbonyl (C=O) groups is 3. The minimum atomic E-state index is -2.14. The lowest BCUT2D eigenvalue weighted by Crippen LogP contribution is -2.60. The van der Waals surface area contributed by atoms with Gasteiger partial charge in [0.2, 0.25) is 6.36 Å². The molecule has 0 aliphatic carbocycles. The fourth-order valence-corrected chi connectivity index (χ4v) is 1.87. The summed E-state index contributed by atoms with van der Waals surface area (Å²) in [5.74, 6) is -2.23. The predicted octanol–water partition coefficient (Wildman–Crippen LogP) is -0.532. The molecule has 1 N–H and O–H groups in total. The van der Waals surface area contributed by atoms with Crippen molar-refractivity contribution < 1.29 is 42.8 Å². The van der Waals surface area contributed by atoms with Gasteiger partial charge in [-0.25, -0.2) is 4.39 Å². The smallest absolute Gasteiger partial charge is 0.303 e. The van der Waals surface area contributed by atoms with E-state index in [2.05, 4.69) is 9.47 Å². The molecule has 0 aromatic carbocycles. The van der Waals surface area contributed by atoms with Gasteiger partial charge in [0.05, 0.1) is 0 Å². The number of aliphatic hydroxyl groups excluding tert-OH is 1. The minimum absolute atomic E-state index is 0.419. The molecule has 0 radical (unpaired) electrons. The van der Waals surface area contributed by atoms with Crippen molar-refractivity contribution in [2.75, 3.05) is 6.61 Å². The van der Waals surface area contributed by atoms with Crippen molar-refractivity contribution in [3.8, 4) is 0 Å². The van der Waals surface area contributed by atoms with Gasteiger partial charge in [0.1, 0.15) is 18.8 Å². The monoisotopic (exact) mass is 308 g/mol. The molecule has 0 unspecified atom stereocenters. The third-order valence-electron chi connectivity index (χ3n) is 2.66. The second-order valence-electron chi connectivity index (χ2n) is 4.47. The van der Waals surface area contributed by atoms with Gasteiger partial charge in [0.15, 0.2) is 12.2 Å². The zero-order chi connectivity index (χ0) is 16.2. The molecule has 1 heterocycles. The van der Waals surface area contributed by atoms with E-state index in [1.807, 2.05) is 0 Å². The van der Waals surface area contributed by atoms with Crippen LogP contribution in [0.1, 0.15) is 20.8 Å². The maximum absolute atomic E-state index is 13.8. The average molecular weight is 308 g/mol. The fourth-order valence-electron chi connectivity index (χ4n) is 1.87. The van der Waals surface area contributed by atoms with Crippen LogP contribution in [0.3, 0.4) is 0 Å². The molecule has 120 valence electrons. The maximum atomic E-state index is 13.8. The quantitative estimate of drug-likeness (QED) is 0.545. The molecule has 0 spiro atoms. The zero-order valence-corrected chi connectivity index (χ0v) is 11.8. The number of halogens is 1. The Morgan fingerprint density at radius 3 is 2.05 bits per heavy atom. The van der Waals surface area contributed by atoms with Gasteiger partial charge < -0.3 is 24.1 Å². The summed E-state index contributed by atoms with van der Waals surface area (Å²) < 4.78 is 32.8. The number of hydrogen-bond donors (Lipinski definition) is 1. The Kier molecular flexibility index (Phi) is 6.03. The Balaban J connectivity index is 2.86. The highest BCUT2D eigenvalue weighted by atomic mass is 19.1. The van der Waals surface area contributed by atoms with Crippen LogP contribution in [0.5, 0.6) is 0 Å². The molecule has 8 nitrogen and oxygen atoms in total. The Hall–Kier alpha value is -1.74. The SMILES string of the molecule is CC(=O)OC[C@H]1O[C@H](F)[C@H](OC(C)=O)[C@@H](O)[C@@H]1OC(C)=O. The van der Waals surface area contributed by atoms with Gasteiger partial charge in [-0.1, -0.05) is 0 Å². The van der Waals surface area contributed by atoms with E-state index in [-0.39, 0.29) is 0 Å². The number of rotatable bonds is 4. The van der Waals surface area contributed by atoms with Crippen LogP contribution in [0.4, 0.5) is 4.39 Å². The number of ether oxygens (including phenoxy) is 4. The van der Waals surface area contributed by atoms with Crippen LogP contribution in [0.15, 0.2) is 0 Å². The van der Waals surface area contributed by atoms with E-state index in [9.17, 15) is 23.9 Å². The number of hydrogen-bond acceptors (Lipinski definition) is 8. The van der Waals surface area contributed by atoms with Crippen LogP contribution in [0.2, 0.25) is 0 Å². The Labute approximate surface area is 120 Å². The first-order chi connectivity index (χ1) is 9.72. The van der Waals surface area contributed by atoms with E-state index in [1.54, 1.807) is 0 Å². The van der Waals surface area contributed by atoms with Gasteiger partial charge in [0, 0.05) is 20.8 Å². The molecular weight excluding hydrogens is 291 g/mol. The van der Waals surface area contributed by atoms with E-state index in [1.165, 1.54) is 0 Å². The molecule has 9 heteroatoms. The topological polar surface area (TPSA) is 108 Å². The molecule has 1 saturated heterocycles. The van der Waals surface area contributed by atoms with Gasteiger partial charge in [-0.15, -0.1) is 0 Å². The van der Waals surface area contributed by atoms with Crippen LogP contribution < -0.4 is 0 Å². The average Bonchev–Trinajstić information content (AvgIpc) is 2.35. The van der Waals surface area contributed by atoms with E-state index in [0.717, 1.165) is 20.8 Å². The Bertz CT molecular complexity index is 410. The molecule has 1 aliphatic rings. The second-order valence-corrected chi connectivity index (χ2v) is 4.47. The third-order valence-corrected chi connectivity index (χ3v) is 2.66. The summed E-state index contributed by atoms with van der Waals surface area (Å²) in [6, 6.07) is 0. The number of alkyl halides is 1. The largest absolute Gasteiger partial charge is 0.463 e. The van der Waals surface area contributed by atoms with Crippen LogP contribution in [0, 0.1) is 0 Å². The van der Waals surface area contributed by atoms with Crippen molar-refractivity contribution in [3.05, 3.63) is 0 Å². The van der Waals surface area contributed by atoms with E-state index in [0.29, 0.717) is 0 Å². The molecule has 0 saturated carbocycles. The predicted molar refractivity (Wildman–Crippen MR) is 63.5 cm³/mol. The van der Waals surface area contributed by atoms with E-state index in [4.69, 9.17) is 9.47 Å². The lowest BCUT2D eigenvalue weighted by atomic mass is 9.99. The van der Waals surface area contributed by atoms with Gasteiger partial charge in [0.25, 0.3) is 0 Å². The van der Waals surface area contributed by atoms with Crippen molar-refractivity contribution in [2.45, 2.75) is 51.5 Å². The summed E-state index contributed by atoms with van der Waals surface area (Å²) in [6.07, 6.45) is -7.98. The summed E-state index contributed by atoms with van der Waals surface area (Å²) in [7, 11) is 0. The highest BCUT2D eigenvalue weighted by Crippen LogP contribution is 2.27. The van der Waals surface area contributed by atoms with Gasteiger partial charge in [-0.05, 0) is 0 Å². The lowest BCUT2D eigenvalue weighted by Gasteiger charge is -2.40. The first-order valence-corrected chi connectivity index (χ1v) is 6.17. The van der Waals surface area contributed by atoms with Crippen LogP contribution in [-0.2, 0) is 33.3 Å². The molecule has 1 rings (SSSR count). The molecule has 5 atom stereocenters. The summed E-state index contributed by atoms with van der Waals surface area (Å²) in [5, 5.41) is 10.0. The van der Waals surface area contributed by atoms with E-state index >= 15 is 0 Å². The van der Waals surface area contributed by atoms with Crippen LogP contribution in [-0.4, -0.2) is 60.4 Å². The highest BCUT2D eigenvalue weighted by Gasteiger charge is 2.49. The van der Waals surface area contributed by atoms with Crippen molar-refractivity contribution in [3.63, 3.8) is 0 Å². The van der Waals surface area contributed by atoms with Crippen molar-refractivity contribution >= 4 is 17.9 Å². The molecule has 0 aromatic heterocycles. The number of carbonyl (C=O) groups excluding carboxylic acids is 3. The standard InChI is InChI=1S/C12H17FO8/c1-5(14)18-4-8-10(19-6(2)15)9(17)11(12(13)21-8)20-7(3)16/h8-12,17H,4H2,1-3H3/t8-,9+,10-,11-,12+/m1/s1. The summed E-state index contributed by atoms with van der Waals surface area (Å²) in [5.41, 5.74) is 0. The summed E-state index contributed by atoms with van der Waals surface area (Å²) in [4.78, 5) is 32.7. The van der Waals surface area contributed by atoms with Gasteiger partial charge >= 0.3 is 17.9 Å². The van der Waals surface area contributed by atoms with Crippen LogP contribution >= 0.6 is 0 Å². The maximum Gasteiger partial charge on any atom is 0.303 e. The molecule has 0 aromatic rings. The Morgan fingerprint density at radius 2 is 1.57 bits per heavy atom. The highest BCUT2D eigenvalue weighted by molar-refractivity contribution is 5.67. The Morgan fingerprint density at radius 1 is 1.05 bits per heavy atom. The van der Waals surface area contributed by atoms with Crippen molar-refractivity contribution in [1.29, 1.82) is 0 Å². The fraction of sp³-hybridized carbons (Fsp3) is 0.750. The van der Waals surface area contributed by atoms with Crippen molar-refractivity contribution in [2.24, 2.45) is 0 Å². The number of aliphatic hydroxyl groups is 1. The summed E-state index contributed by atoms with van der Waals surface area (Å²) >= 11 is 0. The van der Waals surface area contributed by atoms with Gasteiger partial charge in [-0.2, -0.15) is 0 Å². The normalized spacial score (nSPS) is 32.1. The molecule has 21 heavy (non-hydrogen) atoms. The first kappa shape index (κ1) is 17.3. The van der Waals surface area contributed by atoms with Crippen molar-refractivity contribution in [1.82, 2.24) is 0 Å². The molecule has 1 aliphatic heterocycles. The first-order valence-electron chi connectivity index (χ1n) is 6.17. The minimum Gasteiger partial charge on any atom is -0.463 e. The molecule has 0 bridgehead atoms. The van der Waals surface area contributed by atoms with Gasteiger partial charge in [-0.3, -0.25) is 14.4 Å². The lowest BCUT2D eigenvalue weighted by molar-refractivity contribution is -0.273. The number of esters is 3. The third kappa shape index (κ3) is 4.94. The molecule has 0 amide bonds. The second kappa shape index (κ2) is 7.32. The van der Waals surface area contributed by atoms with E-state index < -0.39 is 55.3 Å². The van der Waals surface area contributed by atoms with Crippen LogP contribution in [0.25, 0.3) is 0 Å². The zero-order valence-electron chi connectivity index (χ0n) is 11.8.